The van der Waals surface area contributed by atoms with Crippen molar-refractivity contribution in [3.63, 3.8) is 0 Å². The van der Waals surface area contributed by atoms with Crippen LogP contribution in [0.15, 0.2) is 73.8 Å². The molecule has 1 fully saturated rings. The van der Waals surface area contributed by atoms with Gasteiger partial charge in [-0.15, -0.1) is 0 Å². The number of piperazine rings is 1. The number of hydrogen-bond donors (Lipinski definition) is 1. The van der Waals surface area contributed by atoms with Crippen LogP contribution in [0.5, 0.6) is 0 Å². The zero-order chi connectivity index (χ0) is 23.3. The first-order valence-electron chi connectivity index (χ1n) is 10.9. The molecule has 1 aliphatic heterocycles. The summed E-state index contributed by atoms with van der Waals surface area (Å²) in [6, 6.07) is 9.63. The molecule has 4 aromatic rings. The molecule has 1 amide bonds. The van der Waals surface area contributed by atoms with Crippen LogP contribution in [-0.2, 0) is 0 Å². The Hall–Kier alpha value is -4.47. The molecule has 0 bridgehead atoms. The van der Waals surface area contributed by atoms with Gasteiger partial charge in [0.05, 0.1) is 29.3 Å². The third kappa shape index (κ3) is 4.65. The van der Waals surface area contributed by atoms with Crippen molar-refractivity contribution in [1.82, 2.24) is 29.9 Å². The van der Waals surface area contributed by atoms with E-state index in [0.717, 1.165) is 31.0 Å². The first-order chi connectivity index (χ1) is 16.7. The van der Waals surface area contributed by atoms with Gasteiger partial charge < -0.3 is 15.1 Å². The summed E-state index contributed by atoms with van der Waals surface area (Å²) in [7, 11) is 0. The number of hydrogen-bond acceptors (Lipinski definition) is 9. The molecule has 4 aromatic heterocycles. The molecular weight excluding hydrogens is 430 g/mol. The number of carbonyl (C=O) groups excluding carboxylic acids is 1. The molecule has 170 valence electrons. The van der Waals surface area contributed by atoms with Gasteiger partial charge in [-0.25, -0.2) is 24.9 Å². The molecule has 5 heterocycles. The SMILES string of the molecule is C[C@H]1CN(c2ccccn2)CCN1c1ncc(NC(=O)c2ccc(-c3cncnc3)nc2)cn1. The fourth-order valence-corrected chi connectivity index (χ4v) is 3.87. The number of carbonyl (C=O) groups is 1. The highest BCUT2D eigenvalue weighted by molar-refractivity contribution is 6.04. The second-order valence-electron chi connectivity index (χ2n) is 7.96. The minimum Gasteiger partial charge on any atom is -0.353 e. The maximum Gasteiger partial charge on any atom is 0.257 e. The molecule has 1 atom stereocenters. The number of nitrogens with zero attached hydrogens (tertiary/aromatic N) is 8. The molecule has 0 saturated carbocycles. The lowest BCUT2D eigenvalue weighted by atomic mass is 10.2. The van der Waals surface area contributed by atoms with Crippen LogP contribution in [0.1, 0.15) is 17.3 Å². The Kier molecular flexibility index (Phi) is 6.02. The van der Waals surface area contributed by atoms with Crippen molar-refractivity contribution < 1.29 is 4.79 Å². The number of pyridine rings is 2. The molecule has 0 aromatic carbocycles. The maximum absolute atomic E-state index is 12.6. The van der Waals surface area contributed by atoms with Crippen LogP contribution in [-0.4, -0.2) is 61.5 Å². The van der Waals surface area contributed by atoms with Crippen molar-refractivity contribution in [2.45, 2.75) is 13.0 Å². The Bertz CT molecular complexity index is 1240. The Morgan fingerprint density at radius 3 is 2.44 bits per heavy atom. The Morgan fingerprint density at radius 2 is 1.76 bits per heavy atom. The first-order valence-corrected chi connectivity index (χ1v) is 10.9. The van der Waals surface area contributed by atoms with E-state index in [1.807, 2.05) is 24.4 Å². The van der Waals surface area contributed by atoms with E-state index in [1.165, 1.54) is 12.5 Å². The second kappa shape index (κ2) is 9.57. The Balaban J connectivity index is 1.20. The molecule has 1 N–H and O–H groups in total. The molecule has 5 rings (SSSR count). The van der Waals surface area contributed by atoms with E-state index in [4.69, 9.17) is 0 Å². The van der Waals surface area contributed by atoms with Crippen molar-refractivity contribution in [2.75, 3.05) is 34.8 Å². The van der Waals surface area contributed by atoms with Gasteiger partial charge >= 0.3 is 0 Å². The molecule has 0 unspecified atom stereocenters. The molecule has 10 heteroatoms. The van der Waals surface area contributed by atoms with Gasteiger partial charge in [0.15, 0.2) is 0 Å². The second-order valence-corrected chi connectivity index (χ2v) is 7.96. The molecular formula is C24H23N9O. The van der Waals surface area contributed by atoms with Gasteiger partial charge in [-0.1, -0.05) is 6.07 Å². The lowest BCUT2D eigenvalue weighted by Crippen LogP contribution is -2.53. The van der Waals surface area contributed by atoms with Crippen LogP contribution in [0.3, 0.4) is 0 Å². The van der Waals surface area contributed by atoms with Gasteiger partial charge in [-0.2, -0.15) is 0 Å². The van der Waals surface area contributed by atoms with Crippen LogP contribution < -0.4 is 15.1 Å². The topological polar surface area (TPSA) is 113 Å². The summed E-state index contributed by atoms with van der Waals surface area (Å²) in [6.07, 6.45) is 11.4. The molecule has 10 nitrogen and oxygen atoms in total. The van der Waals surface area contributed by atoms with E-state index < -0.39 is 0 Å². The van der Waals surface area contributed by atoms with Crippen LogP contribution in [0, 0.1) is 0 Å². The third-order valence-electron chi connectivity index (χ3n) is 5.64. The van der Waals surface area contributed by atoms with Crippen LogP contribution >= 0.6 is 0 Å². The third-order valence-corrected chi connectivity index (χ3v) is 5.64. The predicted molar refractivity (Wildman–Crippen MR) is 129 cm³/mol. The van der Waals surface area contributed by atoms with E-state index in [0.29, 0.717) is 22.9 Å². The van der Waals surface area contributed by atoms with Gasteiger partial charge in [-0.05, 0) is 31.2 Å². The van der Waals surface area contributed by atoms with Crippen molar-refractivity contribution in [2.24, 2.45) is 0 Å². The summed E-state index contributed by atoms with van der Waals surface area (Å²) in [5.41, 5.74) is 2.44. The summed E-state index contributed by atoms with van der Waals surface area (Å²) >= 11 is 0. The average molecular weight is 454 g/mol. The van der Waals surface area contributed by atoms with E-state index >= 15 is 0 Å². The van der Waals surface area contributed by atoms with E-state index in [1.54, 1.807) is 36.9 Å². The summed E-state index contributed by atoms with van der Waals surface area (Å²) in [6.45, 7) is 4.60. The Morgan fingerprint density at radius 1 is 0.941 bits per heavy atom. The van der Waals surface area contributed by atoms with E-state index in [9.17, 15) is 4.79 Å². The summed E-state index contributed by atoms with van der Waals surface area (Å²) < 4.78 is 0. The molecule has 0 spiro atoms. The number of aromatic nitrogens is 6. The number of anilines is 3. The monoisotopic (exact) mass is 453 g/mol. The van der Waals surface area contributed by atoms with Gasteiger partial charge in [0, 0.05) is 56.0 Å². The molecule has 34 heavy (non-hydrogen) atoms. The maximum atomic E-state index is 12.6. The molecule has 0 radical (unpaired) electrons. The van der Waals surface area contributed by atoms with Crippen molar-refractivity contribution >= 4 is 23.4 Å². The predicted octanol–water partition coefficient (Wildman–Crippen LogP) is 2.69. The minimum atomic E-state index is -0.281. The normalized spacial score (nSPS) is 15.7. The quantitative estimate of drug-likeness (QED) is 0.487. The van der Waals surface area contributed by atoms with E-state index in [2.05, 4.69) is 51.9 Å². The largest absolute Gasteiger partial charge is 0.353 e. The number of amides is 1. The Labute approximate surface area is 196 Å². The summed E-state index contributed by atoms with van der Waals surface area (Å²) in [5.74, 6) is 1.34. The fourth-order valence-electron chi connectivity index (χ4n) is 3.87. The van der Waals surface area contributed by atoms with Gasteiger partial charge in [0.1, 0.15) is 12.1 Å². The van der Waals surface area contributed by atoms with Crippen molar-refractivity contribution in [3.8, 4) is 11.3 Å². The highest BCUT2D eigenvalue weighted by Crippen LogP contribution is 2.21. The number of rotatable bonds is 5. The molecule has 0 aliphatic carbocycles. The van der Waals surface area contributed by atoms with Gasteiger partial charge in [-0.3, -0.25) is 9.78 Å². The lowest BCUT2D eigenvalue weighted by Gasteiger charge is -2.40. The molecule has 1 saturated heterocycles. The standard InChI is InChI=1S/C24H23N9O/c1-17-15-32(22-4-2-3-7-27-22)8-9-33(17)24-29-13-20(14-30-24)31-23(34)18-5-6-21(28-12-18)19-10-25-16-26-11-19/h2-7,10-14,16-17H,8-9,15H2,1H3,(H,31,34)/t17-/m0/s1. The smallest absolute Gasteiger partial charge is 0.257 e. The minimum absolute atomic E-state index is 0.218. The van der Waals surface area contributed by atoms with Crippen LogP contribution in [0.25, 0.3) is 11.3 Å². The average Bonchev–Trinajstić information content (AvgIpc) is 2.90. The van der Waals surface area contributed by atoms with Gasteiger partial charge in [0.25, 0.3) is 5.91 Å². The van der Waals surface area contributed by atoms with Crippen LogP contribution in [0.2, 0.25) is 0 Å². The van der Waals surface area contributed by atoms with Crippen molar-refractivity contribution in [1.29, 1.82) is 0 Å². The first kappa shape index (κ1) is 21.4. The van der Waals surface area contributed by atoms with E-state index in [-0.39, 0.29) is 11.9 Å². The fraction of sp³-hybridized carbons (Fsp3) is 0.208. The van der Waals surface area contributed by atoms with Gasteiger partial charge in [0.2, 0.25) is 5.95 Å². The lowest BCUT2D eigenvalue weighted by molar-refractivity contribution is 0.102. The van der Waals surface area contributed by atoms with Crippen molar-refractivity contribution in [3.05, 3.63) is 79.4 Å². The summed E-state index contributed by atoms with van der Waals surface area (Å²) in [4.78, 5) is 42.8. The molecule has 1 aliphatic rings. The number of nitrogens with one attached hydrogen (secondary N) is 1. The summed E-state index contributed by atoms with van der Waals surface area (Å²) in [5, 5.41) is 2.82. The highest BCUT2D eigenvalue weighted by atomic mass is 16.1. The zero-order valence-electron chi connectivity index (χ0n) is 18.6. The highest BCUT2D eigenvalue weighted by Gasteiger charge is 2.26. The van der Waals surface area contributed by atoms with Crippen LogP contribution in [0.4, 0.5) is 17.5 Å². The zero-order valence-corrected chi connectivity index (χ0v) is 18.6.